The first-order valence-electron chi connectivity index (χ1n) is 17.6. The summed E-state index contributed by atoms with van der Waals surface area (Å²) in [5.74, 6) is -0.562. The number of unbranched alkanes of at least 4 members (excludes halogenated alkanes) is 3. The van der Waals surface area contributed by atoms with E-state index in [-0.39, 0.29) is 45.9 Å². The number of nitrogens with one attached hydrogen (secondary N) is 1. The van der Waals surface area contributed by atoms with Crippen molar-refractivity contribution in [1.29, 1.82) is 0 Å². The Kier molecular flexibility index (Phi) is 12.8. The van der Waals surface area contributed by atoms with E-state index in [1.165, 1.54) is 0 Å². The van der Waals surface area contributed by atoms with Crippen LogP contribution in [0.5, 0.6) is 11.5 Å². The molecule has 0 aromatic heterocycles. The molecule has 3 N–H and O–H groups in total. The number of phenolic OH excluding ortho intramolecular Hbond substituents is 2. The summed E-state index contributed by atoms with van der Waals surface area (Å²) in [6, 6.07) is 7.87. The molecule has 0 aliphatic rings. The van der Waals surface area contributed by atoms with Crippen LogP contribution in [0.15, 0.2) is 24.3 Å². The van der Waals surface area contributed by atoms with Gasteiger partial charge in [-0.3, -0.25) is 9.59 Å². The predicted molar refractivity (Wildman–Crippen MR) is 197 cm³/mol. The van der Waals surface area contributed by atoms with Crippen LogP contribution in [-0.4, -0.2) is 40.1 Å². The third kappa shape index (κ3) is 10.2. The fraction of sp³-hybridized carbons (Fsp3) is 0.659. The first kappa shape index (κ1) is 40.2. The Balaban J connectivity index is 2.45. The van der Waals surface area contributed by atoms with Crippen molar-refractivity contribution in [2.24, 2.45) is 0 Å². The van der Waals surface area contributed by atoms with Crippen LogP contribution in [-0.2, 0) is 31.2 Å². The lowest BCUT2D eigenvalue weighted by atomic mass is 9.77. The maximum Gasteiger partial charge on any atom is 0.231 e. The molecule has 2 unspecified atom stereocenters. The Morgan fingerprint density at radius 1 is 0.638 bits per heavy atom. The molecule has 2 amide bonds. The minimum atomic E-state index is -0.479. The lowest BCUT2D eigenvalue weighted by molar-refractivity contribution is -0.134. The molecule has 6 heteroatoms. The molecule has 0 heterocycles. The van der Waals surface area contributed by atoms with Crippen LogP contribution in [0.2, 0.25) is 0 Å². The van der Waals surface area contributed by atoms with Crippen molar-refractivity contribution >= 4 is 11.8 Å². The summed E-state index contributed by atoms with van der Waals surface area (Å²) in [6.45, 7) is 31.5. The zero-order valence-corrected chi connectivity index (χ0v) is 32.4. The van der Waals surface area contributed by atoms with E-state index in [1.807, 2.05) is 38.1 Å². The van der Waals surface area contributed by atoms with E-state index in [0.29, 0.717) is 12.3 Å². The van der Waals surface area contributed by atoms with Crippen molar-refractivity contribution in [3.05, 3.63) is 57.6 Å². The molecule has 2 rings (SSSR count). The van der Waals surface area contributed by atoms with Gasteiger partial charge in [0.15, 0.2) is 0 Å². The normalized spacial score (nSPS) is 14.1. The first-order chi connectivity index (χ1) is 21.3. The van der Waals surface area contributed by atoms with E-state index >= 15 is 0 Å². The average molecular weight is 651 g/mol. The van der Waals surface area contributed by atoms with Gasteiger partial charge in [0.25, 0.3) is 0 Å². The van der Waals surface area contributed by atoms with E-state index in [0.717, 1.165) is 59.1 Å². The molecule has 0 aliphatic heterocycles. The van der Waals surface area contributed by atoms with Crippen molar-refractivity contribution in [2.45, 2.75) is 163 Å². The van der Waals surface area contributed by atoms with Gasteiger partial charge in [-0.05, 0) is 75.3 Å². The highest BCUT2D eigenvalue weighted by molar-refractivity contribution is 5.86. The van der Waals surface area contributed by atoms with Crippen LogP contribution in [0, 0.1) is 0 Å². The van der Waals surface area contributed by atoms with Gasteiger partial charge in [-0.2, -0.15) is 0 Å². The van der Waals surface area contributed by atoms with E-state index in [9.17, 15) is 19.8 Å². The topological polar surface area (TPSA) is 89.9 Å². The van der Waals surface area contributed by atoms with Gasteiger partial charge in [-0.1, -0.05) is 134 Å². The molecule has 0 bridgehead atoms. The zero-order valence-electron chi connectivity index (χ0n) is 32.4. The Labute approximate surface area is 286 Å². The number of carbonyl (C=O) groups excluding carboxylic acids is 2. The number of amides is 2. The summed E-state index contributed by atoms with van der Waals surface area (Å²) in [5, 5.41) is 25.5. The summed E-state index contributed by atoms with van der Waals surface area (Å²) in [4.78, 5) is 29.7. The number of aromatic hydroxyl groups is 2. The lowest BCUT2D eigenvalue weighted by Gasteiger charge is -2.31. The summed E-state index contributed by atoms with van der Waals surface area (Å²) in [6.07, 6.45) is 4.06. The Bertz CT molecular complexity index is 1330. The molecule has 264 valence electrons. The second-order valence-electron chi connectivity index (χ2n) is 17.7. The molecule has 2 aromatic carbocycles. The Morgan fingerprint density at radius 3 is 1.34 bits per heavy atom. The molecule has 0 fully saturated rings. The Hall–Kier alpha value is -3.02. The molecular weight excluding hydrogens is 584 g/mol. The quantitative estimate of drug-likeness (QED) is 0.167. The molecule has 0 saturated carbocycles. The summed E-state index contributed by atoms with van der Waals surface area (Å²) in [7, 11) is 0. The number of nitrogens with zero attached hydrogens (tertiary/aromatic N) is 1. The van der Waals surface area contributed by atoms with Crippen molar-refractivity contribution in [3.8, 4) is 11.5 Å². The maximum absolute atomic E-state index is 14.2. The van der Waals surface area contributed by atoms with Crippen molar-refractivity contribution in [2.75, 3.05) is 13.2 Å². The van der Waals surface area contributed by atoms with Crippen LogP contribution in [0.3, 0.4) is 0 Å². The van der Waals surface area contributed by atoms with Gasteiger partial charge in [0.1, 0.15) is 11.5 Å². The lowest BCUT2D eigenvalue weighted by Crippen LogP contribution is -2.44. The van der Waals surface area contributed by atoms with E-state index < -0.39 is 11.8 Å². The van der Waals surface area contributed by atoms with E-state index in [4.69, 9.17) is 0 Å². The van der Waals surface area contributed by atoms with Gasteiger partial charge in [0.2, 0.25) is 11.8 Å². The largest absolute Gasteiger partial charge is 0.507 e. The van der Waals surface area contributed by atoms with Gasteiger partial charge in [-0.15, -0.1) is 0 Å². The van der Waals surface area contributed by atoms with Crippen LogP contribution >= 0.6 is 0 Å². The van der Waals surface area contributed by atoms with Crippen LogP contribution in [0.4, 0.5) is 0 Å². The van der Waals surface area contributed by atoms with Crippen LogP contribution < -0.4 is 5.32 Å². The third-order valence-electron chi connectivity index (χ3n) is 9.30. The van der Waals surface area contributed by atoms with Crippen molar-refractivity contribution in [1.82, 2.24) is 10.2 Å². The molecule has 2 atom stereocenters. The SMILES string of the molecule is CCCCCCN(CNC(=O)C(C)c1cc(C(C)(C)C)c(O)c(C(C)(C)C)c1)C(=O)C(C)c1cc(C(C)(C)C)c(O)c(C(C)(C)C)c1. The summed E-state index contributed by atoms with van der Waals surface area (Å²) in [5.41, 5.74) is 3.79. The molecular formula is C41H66N2O4. The molecule has 6 nitrogen and oxygen atoms in total. The number of carbonyl (C=O) groups is 2. The number of hydrogen-bond acceptors (Lipinski definition) is 4. The van der Waals surface area contributed by atoms with Gasteiger partial charge in [0, 0.05) is 6.54 Å². The van der Waals surface area contributed by atoms with Gasteiger partial charge in [-0.25, -0.2) is 0 Å². The van der Waals surface area contributed by atoms with Gasteiger partial charge >= 0.3 is 0 Å². The van der Waals surface area contributed by atoms with Crippen LogP contribution in [0.25, 0.3) is 0 Å². The van der Waals surface area contributed by atoms with Crippen LogP contribution in [0.1, 0.15) is 175 Å². The highest BCUT2D eigenvalue weighted by atomic mass is 16.3. The monoisotopic (exact) mass is 651 g/mol. The summed E-state index contributed by atoms with van der Waals surface area (Å²) < 4.78 is 0. The highest BCUT2D eigenvalue weighted by Crippen LogP contribution is 2.42. The highest BCUT2D eigenvalue weighted by Gasteiger charge is 2.32. The third-order valence-corrected chi connectivity index (χ3v) is 9.30. The van der Waals surface area contributed by atoms with E-state index in [2.05, 4.69) is 95.3 Å². The minimum absolute atomic E-state index is 0.0467. The maximum atomic E-state index is 14.2. The number of hydrogen-bond donors (Lipinski definition) is 3. The van der Waals surface area contributed by atoms with Gasteiger partial charge < -0.3 is 20.4 Å². The molecule has 0 saturated heterocycles. The van der Waals surface area contributed by atoms with Gasteiger partial charge in [0.05, 0.1) is 18.5 Å². The molecule has 2 aromatic rings. The smallest absolute Gasteiger partial charge is 0.231 e. The number of benzene rings is 2. The van der Waals surface area contributed by atoms with E-state index in [1.54, 1.807) is 4.90 Å². The Morgan fingerprint density at radius 2 is 1.00 bits per heavy atom. The molecule has 0 spiro atoms. The fourth-order valence-electron chi connectivity index (χ4n) is 5.99. The first-order valence-corrected chi connectivity index (χ1v) is 17.6. The minimum Gasteiger partial charge on any atom is -0.507 e. The second-order valence-corrected chi connectivity index (χ2v) is 17.7. The molecule has 0 aliphatic carbocycles. The number of rotatable bonds is 11. The predicted octanol–water partition coefficient (Wildman–Crippen LogP) is 9.68. The standard InChI is InChI=1S/C41H66N2O4/c1-16-17-18-19-20-43(37(47)27(3)29-23-32(40(10,11)12)35(45)33(24-29)41(13,14)15)25-42-36(46)26(2)28-21-30(38(4,5)6)34(44)31(22-28)39(7,8)9/h21-24,26-27,44-45H,16-20,25H2,1-15H3,(H,42,46). The summed E-state index contributed by atoms with van der Waals surface area (Å²) >= 11 is 0. The van der Waals surface area contributed by atoms with Crippen molar-refractivity contribution in [3.63, 3.8) is 0 Å². The molecule has 47 heavy (non-hydrogen) atoms. The number of phenols is 2. The van der Waals surface area contributed by atoms with Crippen molar-refractivity contribution < 1.29 is 19.8 Å². The fourth-order valence-corrected chi connectivity index (χ4v) is 5.99. The zero-order chi connectivity index (χ0) is 36.3. The average Bonchev–Trinajstić information content (AvgIpc) is 2.93. The molecule has 0 radical (unpaired) electrons. The second kappa shape index (κ2) is 15.0.